The van der Waals surface area contributed by atoms with E-state index < -0.39 is 11.9 Å². The molecule has 1 heterocycles. The molecule has 0 radical (unpaired) electrons. The Bertz CT molecular complexity index is 1300. The second-order valence-corrected chi connectivity index (χ2v) is 8.61. The van der Waals surface area contributed by atoms with Crippen LogP contribution >= 0.6 is 23.1 Å². The fraction of sp³-hybridized carbons (Fsp3) is 0.0435. The Labute approximate surface area is 191 Å². The number of aromatic nitrogens is 1. The number of thiazole rings is 1. The monoisotopic (exact) mass is 463 g/mol. The number of carbonyl (C=O) groups excluding carboxylic acids is 2. The number of nitrogens with zero attached hydrogens (tertiary/aromatic N) is 1. The van der Waals surface area contributed by atoms with E-state index in [1.54, 1.807) is 60.1 Å². The highest BCUT2D eigenvalue weighted by molar-refractivity contribution is 8.00. The van der Waals surface area contributed by atoms with Gasteiger partial charge in [-0.3, -0.25) is 9.59 Å². The number of thioether (sulfide) groups is 1. The van der Waals surface area contributed by atoms with Crippen molar-refractivity contribution in [1.82, 2.24) is 4.98 Å². The predicted molar refractivity (Wildman–Crippen MR) is 127 cm³/mol. The summed E-state index contributed by atoms with van der Waals surface area (Å²) in [7, 11) is 0. The van der Waals surface area contributed by atoms with Gasteiger partial charge in [0.05, 0.1) is 11.3 Å². The third-order valence-corrected chi connectivity index (χ3v) is 6.20. The minimum atomic E-state index is -1.09. The predicted octanol–water partition coefficient (Wildman–Crippen LogP) is 4.98. The van der Waals surface area contributed by atoms with E-state index in [0.717, 1.165) is 4.90 Å². The Morgan fingerprint density at radius 1 is 0.969 bits per heavy atom. The van der Waals surface area contributed by atoms with Crippen LogP contribution in [0, 0.1) is 0 Å². The highest BCUT2D eigenvalue weighted by atomic mass is 32.2. The number of hydrogen-bond donors (Lipinski definition) is 3. The molecule has 9 heteroatoms. The normalized spacial score (nSPS) is 10.6. The number of anilines is 2. The number of carbonyl (C=O) groups is 3. The Hall–Kier alpha value is -3.69. The molecular weight excluding hydrogens is 446 g/mol. The number of aromatic carboxylic acids is 1. The quantitative estimate of drug-likeness (QED) is 0.334. The Morgan fingerprint density at radius 2 is 1.72 bits per heavy atom. The second kappa shape index (κ2) is 9.63. The largest absolute Gasteiger partial charge is 0.478 e. The first-order chi connectivity index (χ1) is 15.5. The SMILES string of the molecule is O=C(CSc1cccc(NC(=O)c2cccc3cccc(C(=O)O)c23)c1)Nc1nccs1. The highest BCUT2D eigenvalue weighted by Gasteiger charge is 2.17. The molecule has 0 unspecified atom stereocenters. The third-order valence-electron chi connectivity index (χ3n) is 4.52. The average molecular weight is 464 g/mol. The first-order valence-electron chi connectivity index (χ1n) is 9.50. The van der Waals surface area contributed by atoms with Crippen molar-refractivity contribution >= 4 is 62.5 Å². The van der Waals surface area contributed by atoms with Crippen molar-refractivity contribution in [3.8, 4) is 0 Å². The molecule has 0 saturated carbocycles. The average Bonchev–Trinajstić information content (AvgIpc) is 3.30. The van der Waals surface area contributed by atoms with Crippen LogP contribution in [0.15, 0.2) is 77.1 Å². The number of nitrogens with one attached hydrogen (secondary N) is 2. The molecule has 0 saturated heterocycles. The lowest BCUT2D eigenvalue weighted by atomic mass is 9.98. The van der Waals surface area contributed by atoms with E-state index in [2.05, 4.69) is 15.6 Å². The molecule has 3 aromatic carbocycles. The van der Waals surface area contributed by atoms with Crippen LogP contribution in [0.5, 0.6) is 0 Å². The number of fused-ring (bicyclic) bond motifs is 1. The van der Waals surface area contributed by atoms with Gasteiger partial charge in [-0.2, -0.15) is 0 Å². The summed E-state index contributed by atoms with van der Waals surface area (Å²) in [5, 5.41) is 18.5. The molecule has 2 amide bonds. The Morgan fingerprint density at radius 3 is 2.44 bits per heavy atom. The summed E-state index contributed by atoms with van der Waals surface area (Å²) in [6.45, 7) is 0. The molecule has 3 N–H and O–H groups in total. The molecule has 32 heavy (non-hydrogen) atoms. The first-order valence-corrected chi connectivity index (χ1v) is 11.4. The zero-order chi connectivity index (χ0) is 22.5. The van der Waals surface area contributed by atoms with Crippen molar-refractivity contribution in [2.24, 2.45) is 0 Å². The number of carboxylic acids is 1. The fourth-order valence-electron chi connectivity index (χ4n) is 3.16. The molecule has 0 bridgehead atoms. The maximum atomic E-state index is 13.0. The maximum absolute atomic E-state index is 13.0. The number of carboxylic acid groups (broad SMARTS) is 1. The summed E-state index contributed by atoms with van der Waals surface area (Å²) in [6.07, 6.45) is 1.62. The van der Waals surface area contributed by atoms with Gasteiger partial charge in [0.1, 0.15) is 0 Å². The van der Waals surface area contributed by atoms with Gasteiger partial charge in [0.15, 0.2) is 5.13 Å². The van der Waals surface area contributed by atoms with Crippen LogP contribution in [0.2, 0.25) is 0 Å². The van der Waals surface area contributed by atoms with E-state index in [0.29, 0.717) is 21.6 Å². The van der Waals surface area contributed by atoms with Gasteiger partial charge in [0, 0.05) is 33.1 Å². The molecule has 7 nitrogen and oxygen atoms in total. The second-order valence-electron chi connectivity index (χ2n) is 6.67. The molecule has 0 spiro atoms. The van der Waals surface area contributed by atoms with E-state index in [1.807, 2.05) is 6.07 Å². The lowest BCUT2D eigenvalue weighted by Crippen LogP contribution is -2.14. The number of hydrogen-bond acceptors (Lipinski definition) is 6. The lowest BCUT2D eigenvalue weighted by molar-refractivity contribution is -0.113. The van der Waals surface area contributed by atoms with Gasteiger partial charge in [0.25, 0.3) is 5.91 Å². The van der Waals surface area contributed by atoms with Gasteiger partial charge in [-0.05, 0) is 35.7 Å². The summed E-state index contributed by atoms with van der Waals surface area (Å²) >= 11 is 2.68. The van der Waals surface area contributed by atoms with Crippen LogP contribution in [-0.4, -0.2) is 33.6 Å². The first kappa shape index (κ1) is 21.5. The van der Waals surface area contributed by atoms with Gasteiger partial charge in [-0.15, -0.1) is 23.1 Å². The highest BCUT2D eigenvalue weighted by Crippen LogP contribution is 2.26. The topological polar surface area (TPSA) is 108 Å². The molecule has 4 rings (SSSR count). The lowest BCUT2D eigenvalue weighted by Gasteiger charge is -2.11. The van der Waals surface area contributed by atoms with Crippen molar-refractivity contribution < 1.29 is 19.5 Å². The van der Waals surface area contributed by atoms with Gasteiger partial charge in [0.2, 0.25) is 5.91 Å². The zero-order valence-corrected chi connectivity index (χ0v) is 18.2. The summed E-state index contributed by atoms with van der Waals surface area (Å²) in [6, 6.07) is 17.1. The Balaban J connectivity index is 1.49. The van der Waals surface area contributed by atoms with Gasteiger partial charge >= 0.3 is 5.97 Å². The summed E-state index contributed by atoms with van der Waals surface area (Å²) in [5.41, 5.74) is 0.898. The maximum Gasteiger partial charge on any atom is 0.336 e. The van der Waals surface area contributed by atoms with E-state index in [9.17, 15) is 19.5 Å². The zero-order valence-electron chi connectivity index (χ0n) is 16.6. The minimum absolute atomic E-state index is 0.0730. The summed E-state index contributed by atoms with van der Waals surface area (Å²) in [4.78, 5) is 41.5. The van der Waals surface area contributed by atoms with Crippen molar-refractivity contribution in [1.29, 1.82) is 0 Å². The number of rotatable bonds is 7. The van der Waals surface area contributed by atoms with E-state index >= 15 is 0 Å². The molecule has 0 fully saturated rings. The number of amides is 2. The van der Waals surface area contributed by atoms with E-state index in [-0.39, 0.29) is 22.8 Å². The summed E-state index contributed by atoms with van der Waals surface area (Å²) < 4.78 is 0. The molecule has 1 aromatic heterocycles. The summed E-state index contributed by atoms with van der Waals surface area (Å²) in [5.74, 6) is -1.47. The van der Waals surface area contributed by atoms with E-state index in [4.69, 9.17) is 0 Å². The minimum Gasteiger partial charge on any atom is -0.478 e. The molecular formula is C23H17N3O4S2. The van der Waals surface area contributed by atoms with Gasteiger partial charge in [-0.25, -0.2) is 9.78 Å². The van der Waals surface area contributed by atoms with Crippen LogP contribution in [0.4, 0.5) is 10.8 Å². The van der Waals surface area contributed by atoms with Crippen LogP contribution in [0.3, 0.4) is 0 Å². The Kier molecular flexibility index (Phi) is 6.48. The molecule has 0 atom stereocenters. The van der Waals surface area contributed by atoms with Gasteiger partial charge in [-0.1, -0.05) is 30.3 Å². The van der Waals surface area contributed by atoms with E-state index in [1.165, 1.54) is 29.2 Å². The van der Waals surface area contributed by atoms with Gasteiger partial charge < -0.3 is 15.7 Å². The standard InChI is InChI=1S/C23H17N3O4S2/c27-19(26-23-24-10-11-31-23)13-32-16-7-3-6-15(12-16)25-21(28)17-8-1-4-14-5-2-9-18(20(14)17)22(29)30/h1-12H,13H2,(H,25,28)(H,29,30)(H,24,26,27). The molecule has 0 aliphatic heterocycles. The van der Waals surface area contributed by atoms with Crippen molar-refractivity contribution in [2.45, 2.75) is 4.90 Å². The molecule has 0 aliphatic rings. The third kappa shape index (κ3) is 4.96. The molecule has 4 aromatic rings. The van der Waals surface area contributed by atoms with Crippen molar-refractivity contribution in [3.05, 3.63) is 83.4 Å². The van der Waals surface area contributed by atoms with Crippen LogP contribution < -0.4 is 10.6 Å². The van der Waals surface area contributed by atoms with Crippen molar-refractivity contribution in [3.63, 3.8) is 0 Å². The number of benzene rings is 3. The van der Waals surface area contributed by atoms with Crippen LogP contribution in [-0.2, 0) is 4.79 Å². The fourth-order valence-corrected chi connectivity index (χ4v) is 4.46. The smallest absolute Gasteiger partial charge is 0.336 e. The molecule has 0 aliphatic carbocycles. The molecule has 160 valence electrons. The van der Waals surface area contributed by atoms with Crippen LogP contribution in [0.1, 0.15) is 20.7 Å². The van der Waals surface area contributed by atoms with Crippen LogP contribution in [0.25, 0.3) is 10.8 Å². The van der Waals surface area contributed by atoms with Crippen molar-refractivity contribution in [2.75, 3.05) is 16.4 Å².